The van der Waals surface area contributed by atoms with Crippen molar-refractivity contribution in [2.45, 2.75) is 70.9 Å². The van der Waals surface area contributed by atoms with Crippen molar-refractivity contribution in [2.75, 3.05) is 19.8 Å². The number of rotatable bonds is 5. The Morgan fingerprint density at radius 2 is 1.80 bits per heavy atom. The van der Waals surface area contributed by atoms with Crippen molar-refractivity contribution in [3.05, 3.63) is 0 Å². The molecule has 0 radical (unpaired) electrons. The van der Waals surface area contributed by atoms with Crippen molar-refractivity contribution in [2.24, 2.45) is 17.2 Å². The van der Waals surface area contributed by atoms with Crippen molar-refractivity contribution < 1.29 is 9.47 Å². The van der Waals surface area contributed by atoms with Crippen LogP contribution in [0, 0.1) is 11.3 Å². The molecule has 0 aromatic rings. The first-order valence-electron chi connectivity index (χ1n) is 8.21. The highest BCUT2D eigenvalue weighted by Crippen LogP contribution is 2.45. The molecule has 118 valence electrons. The summed E-state index contributed by atoms with van der Waals surface area (Å²) in [5.41, 5.74) is 3.47. The smallest absolute Gasteiger partial charge is 0.0851 e. The Morgan fingerprint density at radius 1 is 1.20 bits per heavy atom. The van der Waals surface area contributed by atoms with Gasteiger partial charge in [0.1, 0.15) is 0 Å². The van der Waals surface area contributed by atoms with Crippen molar-refractivity contribution in [1.82, 2.24) is 5.43 Å². The van der Waals surface area contributed by atoms with Crippen molar-refractivity contribution in [3.8, 4) is 0 Å². The van der Waals surface area contributed by atoms with Gasteiger partial charge in [0.25, 0.3) is 0 Å². The number of hydrogen-bond acceptors (Lipinski definition) is 4. The molecule has 2 aliphatic rings. The van der Waals surface area contributed by atoms with Crippen molar-refractivity contribution in [1.29, 1.82) is 0 Å². The van der Waals surface area contributed by atoms with Gasteiger partial charge in [0, 0.05) is 19.8 Å². The van der Waals surface area contributed by atoms with Gasteiger partial charge >= 0.3 is 0 Å². The van der Waals surface area contributed by atoms with Crippen LogP contribution in [0.5, 0.6) is 0 Å². The minimum atomic E-state index is -0.0823. The number of ether oxygens (including phenoxy) is 2. The minimum absolute atomic E-state index is 0.0823. The molecule has 0 aromatic carbocycles. The summed E-state index contributed by atoms with van der Waals surface area (Å²) >= 11 is 0. The van der Waals surface area contributed by atoms with E-state index in [2.05, 4.69) is 26.2 Å². The minimum Gasteiger partial charge on any atom is -0.381 e. The van der Waals surface area contributed by atoms with E-state index < -0.39 is 0 Å². The molecule has 1 unspecified atom stereocenters. The van der Waals surface area contributed by atoms with E-state index in [0.717, 1.165) is 45.5 Å². The third kappa shape index (κ3) is 3.53. The zero-order chi connectivity index (χ0) is 14.6. The molecule has 1 aliphatic carbocycles. The summed E-state index contributed by atoms with van der Waals surface area (Å²) in [5.74, 6) is 6.52. The van der Waals surface area contributed by atoms with Crippen LogP contribution in [-0.2, 0) is 9.47 Å². The van der Waals surface area contributed by atoms with Gasteiger partial charge in [0.2, 0.25) is 0 Å². The molecule has 20 heavy (non-hydrogen) atoms. The molecule has 2 rings (SSSR count). The van der Waals surface area contributed by atoms with E-state index in [9.17, 15) is 0 Å². The maximum atomic E-state index is 6.29. The lowest BCUT2D eigenvalue weighted by molar-refractivity contribution is -0.125. The summed E-state index contributed by atoms with van der Waals surface area (Å²) in [6.45, 7) is 9.30. The van der Waals surface area contributed by atoms with Gasteiger partial charge in [-0.3, -0.25) is 11.3 Å². The van der Waals surface area contributed by atoms with Gasteiger partial charge in [-0.05, 0) is 56.8 Å². The lowest BCUT2D eigenvalue weighted by atomic mass is 9.65. The third-order valence-corrected chi connectivity index (χ3v) is 5.37. The average Bonchev–Trinajstić information content (AvgIpc) is 2.44. The fourth-order valence-corrected chi connectivity index (χ4v) is 3.95. The highest BCUT2D eigenvalue weighted by atomic mass is 16.5. The van der Waals surface area contributed by atoms with E-state index in [1.165, 1.54) is 12.8 Å². The van der Waals surface area contributed by atoms with E-state index in [1.807, 2.05) is 0 Å². The van der Waals surface area contributed by atoms with Gasteiger partial charge in [-0.25, -0.2) is 0 Å². The van der Waals surface area contributed by atoms with E-state index in [1.54, 1.807) is 0 Å². The normalized spacial score (nSPS) is 28.2. The standard InChI is InChI=1S/C16H32N2O2/c1-4-20-16(9-7-15(2,3)8-10-16)14(18-17)13-5-11-19-12-6-13/h13-14,18H,4-12,17H2,1-3H3. The highest BCUT2D eigenvalue weighted by molar-refractivity contribution is 5.01. The maximum Gasteiger partial charge on any atom is 0.0851 e. The Labute approximate surface area is 123 Å². The largest absolute Gasteiger partial charge is 0.381 e. The second-order valence-corrected chi connectivity index (χ2v) is 7.26. The van der Waals surface area contributed by atoms with Crippen LogP contribution < -0.4 is 11.3 Å². The summed E-state index contributed by atoms with van der Waals surface area (Å²) in [4.78, 5) is 0. The van der Waals surface area contributed by atoms with Gasteiger partial charge in [-0.2, -0.15) is 0 Å². The van der Waals surface area contributed by atoms with Crippen LogP contribution in [0.25, 0.3) is 0 Å². The number of nitrogens with two attached hydrogens (primary N) is 1. The summed E-state index contributed by atoms with van der Waals surface area (Å²) < 4.78 is 11.8. The molecule has 0 aromatic heterocycles. The SMILES string of the molecule is CCOC1(C(NN)C2CCOCC2)CCC(C)(C)CC1. The fourth-order valence-electron chi connectivity index (χ4n) is 3.95. The predicted octanol–water partition coefficient (Wildman–Crippen LogP) is 2.62. The number of hydrogen-bond donors (Lipinski definition) is 2. The lowest BCUT2D eigenvalue weighted by Gasteiger charge is -2.50. The van der Waals surface area contributed by atoms with Crippen molar-refractivity contribution >= 4 is 0 Å². The van der Waals surface area contributed by atoms with Gasteiger partial charge in [-0.1, -0.05) is 13.8 Å². The summed E-state index contributed by atoms with van der Waals surface area (Å²) in [6.07, 6.45) is 6.84. The Kier molecular flexibility index (Phi) is 5.46. The molecule has 3 N–H and O–H groups in total. The highest BCUT2D eigenvalue weighted by Gasteiger charge is 2.47. The molecule has 1 aliphatic heterocycles. The Morgan fingerprint density at radius 3 is 2.30 bits per heavy atom. The second-order valence-electron chi connectivity index (χ2n) is 7.26. The fraction of sp³-hybridized carbons (Fsp3) is 1.00. The second kappa shape index (κ2) is 6.73. The van der Waals surface area contributed by atoms with E-state index in [4.69, 9.17) is 15.3 Å². The molecule has 2 fully saturated rings. The summed E-state index contributed by atoms with van der Waals surface area (Å²) in [5, 5.41) is 0. The van der Waals surface area contributed by atoms with E-state index >= 15 is 0 Å². The molecule has 1 heterocycles. The quantitative estimate of drug-likeness (QED) is 0.602. The first-order chi connectivity index (χ1) is 9.53. The van der Waals surface area contributed by atoms with Crippen LogP contribution in [-0.4, -0.2) is 31.5 Å². The zero-order valence-corrected chi connectivity index (χ0v) is 13.4. The first-order valence-corrected chi connectivity index (χ1v) is 8.21. The molecule has 1 saturated carbocycles. The van der Waals surface area contributed by atoms with Gasteiger partial charge in [0.05, 0.1) is 11.6 Å². The third-order valence-electron chi connectivity index (χ3n) is 5.37. The van der Waals surface area contributed by atoms with Gasteiger partial charge in [-0.15, -0.1) is 0 Å². The van der Waals surface area contributed by atoms with Crippen LogP contribution in [0.2, 0.25) is 0 Å². The van der Waals surface area contributed by atoms with Crippen LogP contribution in [0.4, 0.5) is 0 Å². The van der Waals surface area contributed by atoms with Crippen LogP contribution in [0.15, 0.2) is 0 Å². The van der Waals surface area contributed by atoms with E-state index in [0.29, 0.717) is 11.3 Å². The van der Waals surface area contributed by atoms with Crippen LogP contribution in [0.1, 0.15) is 59.3 Å². The number of nitrogens with one attached hydrogen (secondary N) is 1. The van der Waals surface area contributed by atoms with Crippen molar-refractivity contribution in [3.63, 3.8) is 0 Å². The molecular formula is C16H32N2O2. The lowest BCUT2D eigenvalue weighted by Crippen LogP contribution is -2.61. The van der Waals surface area contributed by atoms with E-state index in [-0.39, 0.29) is 11.6 Å². The van der Waals surface area contributed by atoms with Gasteiger partial charge < -0.3 is 9.47 Å². The molecule has 1 saturated heterocycles. The molecular weight excluding hydrogens is 252 g/mol. The monoisotopic (exact) mass is 284 g/mol. The van der Waals surface area contributed by atoms with Crippen LogP contribution >= 0.6 is 0 Å². The Balaban J connectivity index is 2.12. The first kappa shape index (κ1) is 16.2. The Bertz CT molecular complexity index is 291. The molecule has 1 atom stereocenters. The summed E-state index contributed by atoms with van der Waals surface area (Å²) in [6, 6.07) is 0.252. The topological polar surface area (TPSA) is 56.5 Å². The molecule has 4 heteroatoms. The maximum absolute atomic E-state index is 6.29. The molecule has 0 spiro atoms. The predicted molar refractivity (Wildman–Crippen MR) is 81.3 cm³/mol. The molecule has 0 amide bonds. The van der Waals surface area contributed by atoms with Crippen LogP contribution in [0.3, 0.4) is 0 Å². The summed E-state index contributed by atoms with van der Waals surface area (Å²) in [7, 11) is 0. The zero-order valence-electron chi connectivity index (χ0n) is 13.4. The van der Waals surface area contributed by atoms with Gasteiger partial charge in [0.15, 0.2) is 0 Å². The number of hydrazine groups is 1. The molecule has 4 nitrogen and oxygen atoms in total. The average molecular weight is 284 g/mol. The Hall–Kier alpha value is -0.160. The molecule has 0 bridgehead atoms.